The van der Waals surface area contributed by atoms with Crippen LogP contribution in [0.5, 0.6) is 5.75 Å². The van der Waals surface area contributed by atoms with Crippen LogP contribution >= 0.6 is 46.6 Å². The van der Waals surface area contributed by atoms with E-state index in [0.29, 0.717) is 17.3 Å². The van der Waals surface area contributed by atoms with Gasteiger partial charge in [-0.05, 0) is 44.9 Å². The van der Waals surface area contributed by atoms with Crippen molar-refractivity contribution in [1.82, 2.24) is 9.78 Å². The average molecular weight is 462 g/mol. The predicted molar refractivity (Wildman–Crippen MR) is 117 cm³/mol. The molecule has 1 atom stereocenters. The van der Waals surface area contributed by atoms with Crippen molar-refractivity contribution in [3.05, 3.63) is 51.4 Å². The molecule has 1 unspecified atom stereocenters. The third-order valence-corrected chi connectivity index (χ3v) is 7.52. The maximum Gasteiger partial charge on any atom is 0.287 e. The molecule has 1 aliphatic carbocycles. The Morgan fingerprint density at radius 2 is 1.86 bits per heavy atom. The van der Waals surface area contributed by atoms with Gasteiger partial charge in [0, 0.05) is 11.2 Å². The van der Waals surface area contributed by atoms with E-state index < -0.39 is 9.87 Å². The molecule has 1 aromatic heterocycles. The van der Waals surface area contributed by atoms with Gasteiger partial charge in [0.2, 0.25) is 0 Å². The third kappa shape index (κ3) is 4.64. The Labute approximate surface area is 184 Å². The Morgan fingerprint density at radius 1 is 1.25 bits per heavy atom. The molecular formula is C20H23Cl3N2O2S. The molecular weight excluding hydrogens is 439 g/mol. The second kappa shape index (κ2) is 7.75. The van der Waals surface area contributed by atoms with E-state index in [-0.39, 0.29) is 16.0 Å². The predicted octanol–water partition coefficient (Wildman–Crippen LogP) is 5.91. The molecule has 0 amide bonds. The summed E-state index contributed by atoms with van der Waals surface area (Å²) in [6.07, 6.45) is 2.39. The molecule has 28 heavy (non-hydrogen) atoms. The summed E-state index contributed by atoms with van der Waals surface area (Å²) in [7, 11) is 0. The van der Waals surface area contributed by atoms with Crippen LogP contribution < -0.4 is 10.3 Å². The van der Waals surface area contributed by atoms with E-state index in [4.69, 9.17) is 39.5 Å². The lowest BCUT2D eigenvalue weighted by Gasteiger charge is -2.21. The number of aromatic nitrogens is 2. The highest BCUT2D eigenvalue weighted by Crippen LogP contribution is 2.63. The van der Waals surface area contributed by atoms with Gasteiger partial charge in [0.1, 0.15) is 15.1 Å². The molecule has 0 aliphatic heterocycles. The number of hydrogen-bond acceptors (Lipinski definition) is 4. The van der Waals surface area contributed by atoms with Crippen molar-refractivity contribution in [2.45, 2.75) is 54.6 Å². The lowest BCUT2D eigenvalue weighted by atomic mass is 10.1. The van der Waals surface area contributed by atoms with Gasteiger partial charge in [0.25, 0.3) is 5.56 Å². The Bertz CT molecular complexity index is 923. The number of nitrogens with zero attached hydrogens (tertiary/aromatic N) is 2. The smallest absolute Gasteiger partial charge is 0.287 e. The van der Waals surface area contributed by atoms with Gasteiger partial charge in [-0.3, -0.25) is 4.79 Å². The number of benzene rings is 1. The molecule has 1 saturated carbocycles. The van der Waals surface area contributed by atoms with Crippen molar-refractivity contribution >= 4 is 46.6 Å². The number of ether oxygens (including phenoxy) is 1. The highest BCUT2D eigenvalue weighted by atomic mass is 35.5. The van der Waals surface area contributed by atoms with E-state index in [1.807, 2.05) is 52.0 Å². The van der Waals surface area contributed by atoms with Crippen LogP contribution in [0.3, 0.4) is 0 Å². The van der Waals surface area contributed by atoms with Crippen LogP contribution in [-0.4, -0.2) is 20.7 Å². The molecule has 152 valence electrons. The topological polar surface area (TPSA) is 44.1 Å². The molecule has 1 heterocycles. The highest BCUT2D eigenvalue weighted by molar-refractivity contribution is 7.98. The van der Waals surface area contributed by atoms with Crippen LogP contribution in [-0.2, 0) is 11.3 Å². The highest BCUT2D eigenvalue weighted by Gasteiger charge is 2.63. The molecule has 0 saturated heterocycles. The summed E-state index contributed by atoms with van der Waals surface area (Å²) < 4.78 is 6.54. The quantitative estimate of drug-likeness (QED) is 0.396. The largest absolute Gasteiger partial charge is 0.493 e. The van der Waals surface area contributed by atoms with Crippen molar-refractivity contribution in [2.24, 2.45) is 5.41 Å². The molecule has 4 nitrogen and oxygen atoms in total. The molecule has 8 heteroatoms. The van der Waals surface area contributed by atoms with Crippen molar-refractivity contribution in [1.29, 1.82) is 0 Å². The maximum atomic E-state index is 12.4. The summed E-state index contributed by atoms with van der Waals surface area (Å²) in [4.78, 5) is 13.1. The molecule has 3 rings (SSSR count). The van der Waals surface area contributed by atoms with Crippen molar-refractivity contribution in [3.8, 4) is 5.75 Å². The van der Waals surface area contributed by atoms with Gasteiger partial charge in [-0.25, -0.2) is 4.68 Å². The van der Waals surface area contributed by atoms with E-state index in [1.54, 1.807) is 6.20 Å². The number of alkyl halides is 2. The van der Waals surface area contributed by atoms with Crippen LogP contribution in [0.25, 0.3) is 0 Å². The number of hydrogen-bond donors (Lipinski definition) is 0. The first kappa shape index (κ1) is 21.8. The van der Waals surface area contributed by atoms with Crippen molar-refractivity contribution < 1.29 is 4.74 Å². The van der Waals surface area contributed by atoms with Crippen molar-refractivity contribution in [2.75, 3.05) is 6.61 Å². The van der Waals surface area contributed by atoms with E-state index in [0.717, 1.165) is 17.7 Å². The first-order chi connectivity index (χ1) is 12.9. The Balaban J connectivity index is 1.60. The Hall–Kier alpha value is -0.880. The molecule has 0 radical (unpaired) electrons. The summed E-state index contributed by atoms with van der Waals surface area (Å²) in [5.74, 6) is 1.45. The van der Waals surface area contributed by atoms with Gasteiger partial charge in [0.05, 0.1) is 23.2 Å². The molecule has 0 bridgehead atoms. The minimum Gasteiger partial charge on any atom is -0.493 e. The third-order valence-electron chi connectivity index (χ3n) is 4.77. The fourth-order valence-electron chi connectivity index (χ4n) is 2.68. The lowest BCUT2D eigenvalue weighted by molar-refractivity contribution is 0.245. The van der Waals surface area contributed by atoms with Gasteiger partial charge in [-0.1, -0.05) is 30.7 Å². The van der Waals surface area contributed by atoms with E-state index >= 15 is 0 Å². The molecule has 1 aliphatic rings. The standard InChI is InChI=1S/C20H23Cl3N2O2S/c1-18(2,3)25-17(26)16(21)15(9-24-25)28-10-13-5-7-14(8-6-13)27-12-19(4)11-20(19,22)23/h5-9H,10-12H2,1-4H3. The van der Waals surface area contributed by atoms with Gasteiger partial charge in [-0.2, -0.15) is 5.10 Å². The minimum atomic E-state index is -0.682. The fourth-order valence-corrected chi connectivity index (χ4v) is 4.53. The zero-order valence-electron chi connectivity index (χ0n) is 16.3. The van der Waals surface area contributed by atoms with Gasteiger partial charge in [0.15, 0.2) is 0 Å². The zero-order valence-corrected chi connectivity index (χ0v) is 19.3. The van der Waals surface area contributed by atoms with Gasteiger partial charge in [-0.15, -0.1) is 35.0 Å². The summed E-state index contributed by atoms with van der Waals surface area (Å²) in [5, 5.41) is 4.47. The molecule has 1 fully saturated rings. The first-order valence-corrected chi connectivity index (χ1v) is 11.1. The summed E-state index contributed by atoms with van der Waals surface area (Å²) in [5.41, 5.74) is 0.215. The lowest BCUT2D eigenvalue weighted by Crippen LogP contribution is -2.36. The molecule has 1 aromatic carbocycles. The Morgan fingerprint density at radius 3 is 2.39 bits per heavy atom. The number of halogens is 3. The van der Waals surface area contributed by atoms with E-state index in [9.17, 15) is 4.79 Å². The maximum absolute atomic E-state index is 12.4. The second-order valence-corrected chi connectivity index (χ2v) is 11.3. The van der Waals surface area contributed by atoms with Crippen LogP contribution in [0.2, 0.25) is 5.02 Å². The fraction of sp³-hybridized carbons (Fsp3) is 0.500. The number of rotatable bonds is 6. The van der Waals surface area contributed by atoms with Crippen LogP contribution in [0, 0.1) is 5.41 Å². The normalized spacial score (nSPS) is 20.8. The van der Waals surface area contributed by atoms with Gasteiger partial charge >= 0.3 is 0 Å². The van der Waals surface area contributed by atoms with E-state index in [2.05, 4.69) is 5.10 Å². The monoisotopic (exact) mass is 460 g/mol. The SMILES string of the molecule is CC(C)(C)n1ncc(SCc2ccc(OCC3(C)CC3(Cl)Cl)cc2)c(Cl)c1=O. The molecule has 2 aromatic rings. The Kier molecular flexibility index (Phi) is 6.04. The number of thioether (sulfide) groups is 1. The average Bonchev–Trinajstić information content (AvgIpc) is 3.12. The van der Waals surface area contributed by atoms with Gasteiger partial charge < -0.3 is 4.74 Å². The first-order valence-electron chi connectivity index (χ1n) is 8.94. The summed E-state index contributed by atoms with van der Waals surface area (Å²) in [6, 6.07) is 7.82. The van der Waals surface area contributed by atoms with Crippen LogP contribution in [0.1, 0.15) is 39.7 Å². The van der Waals surface area contributed by atoms with Crippen LogP contribution in [0.4, 0.5) is 0 Å². The zero-order chi connectivity index (χ0) is 20.7. The van der Waals surface area contributed by atoms with E-state index in [1.165, 1.54) is 16.4 Å². The van der Waals surface area contributed by atoms with Crippen molar-refractivity contribution in [3.63, 3.8) is 0 Å². The second-order valence-electron chi connectivity index (χ2n) is 8.37. The summed E-state index contributed by atoms with van der Waals surface area (Å²) in [6.45, 7) is 8.25. The molecule has 0 N–H and O–H groups in total. The van der Waals surface area contributed by atoms with Crippen LogP contribution in [0.15, 0.2) is 40.2 Å². The minimum absolute atomic E-state index is 0.193. The molecule has 0 spiro atoms. The summed E-state index contributed by atoms with van der Waals surface area (Å²) >= 11 is 20.0.